The molecule has 2 aliphatic carbocycles. The Kier molecular flexibility index (Phi) is 7.83. The van der Waals surface area contributed by atoms with E-state index in [0.29, 0.717) is 29.3 Å². The molecule has 182 valence electrons. The molecule has 6 nitrogen and oxygen atoms in total. The summed E-state index contributed by atoms with van der Waals surface area (Å²) >= 11 is 0. The predicted molar refractivity (Wildman–Crippen MR) is 140 cm³/mol. The second kappa shape index (κ2) is 11.2. The molecule has 0 unspecified atom stereocenters. The Balaban J connectivity index is 0.000000411. The average Bonchev–Trinajstić information content (AvgIpc) is 3.18. The Morgan fingerprint density at radius 3 is 2.17 bits per heavy atom. The van der Waals surface area contributed by atoms with E-state index < -0.39 is 0 Å². The number of nitrogens with zero attached hydrogens (tertiary/aromatic N) is 1. The standard InChI is InChI=1S/C23H29N3O3.C6H4/c1-16-6-7-19(14-17(16)2)29-20-8-9-21(22(15-20)25-18(3)27)23(28)24-10-13-26-11-4-5-12-26;1-2-5-4-6(5)3-1/h6-9,14-15H,4-5,10-13H2,1-3H3,(H,24,28)(H,25,27);1-4H. The van der Waals surface area contributed by atoms with Gasteiger partial charge in [-0.15, -0.1) is 0 Å². The summed E-state index contributed by atoms with van der Waals surface area (Å²) in [4.78, 5) is 26.6. The lowest BCUT2D eigenvalue weighted by atomic mass is 10.1. The normalized spacial score (nSPS) is 13.5. The topological polar surface area (TPSA) is 70.7 Å². The van der Waals surface area contributed by atoms with Gasteiger partial charge >= 0.3 is 0 Å². The van der Waals surface area contributed by atoms with E-state index in [1.54, 1.807) is 18.2 Å². The van der Waals surface area contributed by atoms with Gasteiger partial charge < -0.3 is 20.3 Å². The quantitative estimate of drug-likeness (QED) is 0.371. The molecule has 0 spiro atoms. The van der Waals surface area contributed by atoms with Gasteiger partial charge in [-0.2, -0.15) is 0 Å². The Labute approximate surface area is 207 Å². The van der Waals surface area contributed by atoms with Gasteiger partial charge in [0.25, 0.3) is 5.91 Å². The third kappa shape index (κ3) is 6.93. The Bertz CT molecular complexity index is 1200. The van der Waals surface area contributed by atoms with Crippen LogP contribution in [-0.2, 0) is 4.79 Å². The van der Waals surface area contributed by atoms with Crippen molar-refractivity contribution in [3.63, 3.8) is 0 Å². The van der Waals surface area contributed by atoms with Crippen LogP contribution in [0.2, 0.25) is 0 Å². The number of hydrogen-bond acceptors (Lipinski definition) is 4. The third-order valence-electron chi connectivity index (χ3n) is 6.29. The number of carbonyl (C=O) groups excluding carboxylic acids is 2. The van der Waals surface area contributed by atoms with E-state index in [4.69, 9.17) is 4.74 Å². The Morgan fingerprint density at radius 1 is 0.886 bits per heavy atom. The van der Waals surface area contributed by atoms with Gasteiger partial charge in [-0.05, 0) is 92.4 Å². The Hall–Kier alpha value is -3.64. The van der Waals surface area contributed by atoms with Crippen molar-refractivity contribution in [1.82, 2.24) is 10.2 Å². The molecule has 0 aromatic heterocycles. The average molecular weight is 472 g/mol. The molecular formula is C29H33N3O3. The highest BCUT2D eigenvalue weighted by Gasteiger charge is 2.16. The van der Waals surface area contributed by atoms with Gasteiger partial charge in [0, 0.05) is 26.1 Å². The van der Waals surface area contributed by atoms with Crippen LogP contribution >= 0.6 is 0 Å². The maximum absolute atomic E-state index is 12.7. The molecule has 2 aromatic rings. The summed E-state index contributed by atoms with van der Waals surface area (Å²) in [7, 11) is 0. The second-order valence-corrected chi connectivity index (χ2v) is 9.12. The van der Waals surface area contributed by atoms with Crippen LogP contribution in [0, 0.1) is 13.8 Å². The number of fused-ring (bicyclic) bond motifs is 1. The van der Waals surface area contributed by atoms with E-state index in [1.807, 2.05) is 32.0 Å². The van der Waals surface area contributed by atoms with E-state index in [-0.39, 0.29) is 11.8 Å². The molecule has 2 amide bonds. The number of carbonyl (C=O) groups is 2. The van der Waals surface area contributed by atoms with Crippen molar-refractivity contribution >= 4 is 17.5 Å². The summed E-state index contributed by atoms with van der Waals surface area (Å²) in [6.45, 7) is 9.11. The van der Waals surface area contributed by atoms with Crippen LogP contribution in [0.4, 0.5) is 5.69 Å². The maximum Gasteiger partial charge on any atom is 0.253 e. The number of nitrogens with one attached hydrogen (secondary N) is 2. The van der Waals surface area contributed by atoms with Crippen molar-refractivity contribution in [3.05, 3.63) is 77.4 Å². The van der Waals surface area contributed by atoms with Gasteiger partial charge in [-0.1, -0.05) is 24.3 Å². The van der Waals surface area contributed by atoms with Crippen LogP contribution < -0.4 is 15.4 Å². The zero-order chi connectivity index (χ0) is 24.8. The lowest BCUT2D eigenvalue weighted by Crippen LogP contribution is -2.33. The number of hydrogen-bond donors (Lipinski definition) is 2. The van der Waals surface area contributed by atoms with E-state index in [0.717, 1.165) is 25.2 Å². The van der Waals surface area contributed by atoms with Crippen LogP contribution in [0.25, 0.3) is 11.1 Å². The van der Waals surface area contributed by atoms with Crippen LogP contribution in [0.3, 0.4) is 0 Å². The lowest BCUT2D eigenvalue weighted by molar-refractivity contribution is -0.114. The molecule has 1 heterocycles. The molecule has 0 atom stereocenters. The number of aryl methyl sites for hydroxylation is 2. The molecule has 1 aliphatic heterocycles. The first-order valence-electron chi connectivity index (χ1n) is 12.2. The van der Waals surface area contributed by atoms with Crippen molar-refractivity contribution in [1.29, 1.82) is 0 Å². The number of likely N-dealkylation sites (tertiary alicyclic amines) is 1. The van der Waals surface area contributed by atoms with Crippen molar-refractivity contribution in [3.8, 4) is 22.6 Å². The Morgan fingerprint density at radius 2 is 1.57 bits per heavy atom. The van der Waals surface area contributed by atoms with Gasteiger partial charge in [0.05, 0.1) is 11.3 Å². The first-order chi connectivity index (χ1) is 16.9. The third-order valence-corrected chi connectivity index (χ3v) is 6.29. The number of amides is 2. The van der Waals surface area contributed by atoms with Gasteiger partial charge in [0.1, 0.15) is 11.5 Å². The molecule has 6 heteroatoms. The molecule has 2 aromatic carbocycles. The fourth-order valence-electron chi connectivity index (χ4n) is 4.10. The number of rotatable bonds is 7. The molecule has 35 heavy (non-hydrogen) atoms. The zero-order valence-electron chi connectivity index (χ0n) is 20.7. The monoisotopic (exact) mass is 471 g/mol. The summed E-state index contributed by atoms with van der Waals surface area (Å²) in [5.74, 6) is 0.834. The zero-order valence-corrected chi connectivity index (χ0v) is 20.7. The molecule has 0 bridgehead atoms. The summed E-state index contributed by atoms with van der Waals surface area (Å²) in [5.41, 5.74) is 6.05. The van der Waals surface area contributed by atoms with Crippen LogP contribution in [0.1, 0.15) is 41.3 Å². The summed E-state index contributed by atoms with van der Waals surface area (Å²) in [5, 5.41) is 5.69. The van der Waals surface area contributed by atoms with Crippen molar-refractivity contribution in [2.75, 3.05) is 31.5 Å². The van der Waals surface area contributed by atoms with Gasteiger partial charge in [-0.25, -0.2) is 0 Å². The fourth-order valence-corrected chi connectivity index (χ4v) is 4.10. The van der Waals surface area contributed by atoms with E-state index >= 15 is 0 Å². The second-order valence-electron chi connectivity index (χ2n) is 9.12. The molecule has 0 saturated carbocycles. The van der Waals surface area contributed by atoms with Crippen LogP contribution in [0.15, 0.2) is 60.7 Å². The predicted octanol–water partition coefficient (Wildman–Crippen LogP) is 5.55. The highest BCUT2D eigenvalue weighted by molar-refractivity contribution is 6.03. The minimum atomic E-state index is -0.237. The van der Waals surface area contributed by atoms with Gasteiger partial charge in [0.15, 0.2) is 0 Å². The highest BCUT2D eigenvalue weighted by Crippen LogP contribution is 2.32. The van der Waals surface area contributed by atoms with Crippen LogP contribution in [0.5, 0.6) is 11.5 Å². The molecule has 0 radical (unpaired) electrons. The molecule has 1 saturated heterocycles. The fraction of sp³-hybridized carbons (Fsp3) is 0.310. The number of benzene rings is 3. The van der Waals surface area contributed by atoms with Crippen LogP contribution in [-0.4, -0.2) is 42.9 Å². The summed E-state index contributed by atoms with van der Waals surface area (Å²) in [6, 6.07) is 19.5. The smallest absolute Gasteiger partial charge is 0.253 e. The minimum Gasteiger partial charge on any atom is -0.457 e. The van der Waals surface area contributed by atoms with Gasteiger partial charge in [0.2, 0.25) is 5.91 Å². The molecule has 1 fully saturated rings. The largest absolute Gasteiger partial charge is 0.457 e. The minimum absolute atomic E-state index is 0.203. The van der Waals surface area contributed by atoms with Gasteiger partial charge in [-0.3, -0.25) is 9.59 Å². The first kappa shape index (κ1) is 24.5. The van der Waals surface area contributed by atoms with Crippen molar-refractivity contribution in [2.24, 2.45) is 0 Å². The molecule has 3 aliphatic rings. The molecule has 5 rings (SSSR count). The number of anilines is 1. The SMILES string of the molecule is CC(=O)Nc1cc(Oc2ccc(C)c(C)c2)ccc1C(=O)NCCN1CCCC1.c1cc2cc-2c1. The number of ether oxygens (including phenoxy) is 1. The van der Waals surface area contributed by atoms with E-state index in [9.17, 15) is 9.59 Å². The van der Waals surface area contributed by atoms with Crippen molar-refractivity contribution < 1.29 is 14.3 Å². The van der Waals surface area contributed by atoms with Crippen molar-refractivity contribution in [2.45, 2.75) is 33.6 Å². The summed E-state index contributed by atoms with van der Waals surface area (Å²) in [6.07, 6.45) is 2.45. The van der Waals surface area contributed by atoms with E-state index in [1.165, 1.54) is 36.5 Å². The maximum atomic E-state index is 12.7. The molecule has 2 N–H and O–H groups in total. The van der Waals surface area contributed by atoms with E-state index in [2.05, 4.69) is 39.8 Å². The summed E-state index contributed by atoms with van der Waals surface area (Å²) < 4.78 is 5.93. The first-order valence-corrected chi connectivity index (χ1v) is 12.2. The highest BCUT2D eigenvalue weighted by atomic mass is 16.5. The lowest BCUT2D eigenvalue weighted by Gasteiger charge is -2.16. The molecular weight excluding hydrogens is 438 g/mol.